The molecule has 0 spiro atoms. The topological polar surface area (TPSA) is 63.8 Å². The Kier molecular flexibility index (Phi) is 6.46. The van der Waals surface area contributed by atoms with Gasteiger partial charge in [-0.25, -0.2) is 15.0 Å². The van der Waals surface area contributed by atoms with Gasteiger partial charge in [0.2, 0.25) is 5.88 Å². The van der Waals surface area contributed by atoms with Crippen LogP contribution in [-0.4, -0.2) is 15.0 Å². The average Bonchev–Trinajstić information content (AvgIpc) is 3.51. The van der Waals surface area contributed by atoms with Gasteiger partial charge in [0, 0.05) is 22.1 Å². The van der Waals surface area contributed by atoms with E-state index < -0.39 is 0 Å². The van der Waals surface area contributed by atoms with Crippen LogP contribution in [0, 0.1) is 0 Å². The van der Waals surface area contributed by atoms with Crippen LogP contribution in [0.5, 0.6) is 0 Å². The number of nitrogens with zero attached hydrogens (tertiary/aromatic N) is 3. The van der Waals surface area contributed by atoms with Crippen molar-refractivity contribution in [3.8, 4) is 33.9 Å². The Morgan fingerprint density at radius 2 is 1.00 bits per heavy atom. The molecule has 5 heteroatoms. The first-order valence-electron chi connectivity index (χ1n) is 15.7. The first kappa shape index (κ1) is 27.0. The molecule has 1 atom stereocenters. The third kappa shape index (κ3) is 4.95. The highest BCUT2D eigenvalue weighted by molar-refractivity contribution is 6.06. The second-order valence-corrected chi connectivity index (χ2v) is 11.7. The van der Waals surface area contributed by atoms with Gasteiger partial charge in [-0.05, 0) is 45.7 Å². The van der Waals surface area contributed by atoms with Crippen LogP contribution >= 0.6 is 0 Å². The summed E-state index contributed by atoms with van der Waals surface area (Å²) in [4.78, 5) is 15.2. The Balaban J connectivity index is 1.25. The fourth-order valence-corrected chi connectivity index (χ4v) is 6.39. The minimum atomic E-state index is -0.172. The fraction of sp³-hybridized carbons (Fsp3) is 0.0238. The summed E-state index contributed by atoms with van der Waals surface area (Å²) in [5.74, 6) is 2.55. The second-order valence-electron chi connectivity index (χ2n) is 11.7. The lowest BCUT2D eigenvalue weighted by atomic mass is 9.92. The number of hydrogen-bond donors (Lipinski definition) is 1. The van der Waals surface area contributed by atoms with E-state index in [9.17, 15) is 0 Å². The smallest absolute Gasteiger partial charge is 0.202 e. The summed E-state index contributed by atoms with van der Waals surface area (Å²) >= 11 is 0. The summed E-state index contributed by atoms with van der Waals surface area (Å²) < 4.78 is 6.60. The molecule has 1 unspecified atom stereocenters. The molecular formula is C42H28N4O. The monoisotopic (exact) mass is 604 g/mol. The van der Waals surface area contributed by atoms with E-state index in [0.717, 1.165) is 49.6 Å². The quantitative estimate of drug-likeness (QED) is 0.212. The molecule has 8 aromatic rings. The van der Waals surface area contributed by atoms with Crippen LogP contribution in [0.3, 0.4) is 0 Å². The number of benzene rings is 6. The van der Waals surface area contributed by atoms with Gasteiger partial charge in [0.05, 0.1) is 11.6 Å². The number of rotatable bonds is 5. The highest BCUT2D eigenvalue weighted by atomic mass is 16.4. The molecule has 1 aliphatic heterocycles. The number of fused-ring (bicyclic) bond motifs is 4. The van der Waals surface area contributed by atoms with Crippen molar-refractivity contribution in [2.45, 2.75) is 6.04 Å². The number of furan rings is 1. The molecule has 47 heavy (non-hydrogen) atoms. The van der Waals surface area contributed by atoms with E-state index in [1.807, 2.05) is 66.7 Å². The van der Waals surface area contributed by atoms with Crippen LogP contribution < -0.4 is 5.32 Å². The standard InChI is InChI=1S/C42H28N4O/c1-4-12-27(13-5-1)28-20-22-29(23-21-28)36-26-35(38-34-24-32-18-10-11-19-33(32)25-37(34)47-42(38)43-36)41-45-39(30-14-6-2-7-15-30)44-40(46-41)31-16-8-3-9-17-31/h1-26,36,43H. The van der Waals surface area contributed by atoms with Gasteiger partial charge in [-0.3, -0.25) is 0 Å². The van der Waals surface area contributed by atoms with Crippen molar-refractivity contribution in [1.29, 1.82) is 0 Å². The lowest BCUT2D eigenvalue weighted by molar-refractivity contribution is 0.618. The third-order valence-corrected chi connectivity index (χ3v) is 8.76. The van der Waals surface area contributed by atoms with Crippen molar-refractivity contribution < 1.29 is 4.42 Å². The van der Waals surface area contributed by atoms with E-state index in [1.165, 1.54) is 11.1 Å². The van der Waals surface area contributed by atoms with Crippen molar-refractivity contribution in [1.82, 2.24) is 15.0 Å². The molecule has 0 radical (unpaired) electrons. The highest BCUT2D eigenvalue weighted by Crippen LogP contribution is 2.45. The molecule has 0 saturated heterocycles. The zero-order valence-corrected chi connectivity index (χ0v) is 25.3. The summed E-state index contributed by atoms with van der Waals surface area (Å²) in [7, 11) is 0. The number of nitrogens with one attached hydrogen (secondary N) is 1. The molecule has 222 valence electrons. The molecule has 6 aromatic carbocycles. The molecule has 5 nitrogen and oxygen atoms in total. The first-order chi connectivity index (χ1) is 23.3. The lowest BCUT2D eigenvalue weighted by Crippen LogP contribution is -2.15. The van der Waals surface area contributed by atoms with E-state index in [-0.39, 0.29) is 6.04 Å². The van der Waals surface area contributed by atoms with E-state index in [4.69, 9.17) is 19.4 Å². The number of aromatic nitrogens is 3. The van der Waals surface area contributed by atoms with Crippen LogP contribution in [0.15, 0.2) is 162 Å². The summed E-state index contributed by atoms with van der Waals surface area (Å²) in [5, 5.41) is 6.98. The molecule has 2 aromatic heterocycles. The van der Waals surface area contributed by atoms with Crippen LogP contribution in [0.25, 0.3) is 61.2 Å². The molecule has 0 amide bonds. The van der Waals surface area contributed by atoms with Gasteiger partial charge in [-0.2, -0.15) is 0 Å². The predicted octanol–water partition coefficient (Wildman–Crippen LogP) is 10.4. The van der Waals surface area contributed by atoms with Gasteiger partial charge in [-0.1, -0.05) is 140 Å². The molecule has 0 fully saturated rings. The van der Waals surface area contributed by atoms with Crippen LogP contribution in [0.1, 0.15) is 23.0 Å². The SMILES string of the molecule is C1=C(c2nc(-c3ccccc3)nc(-c3ccccc3)n2)c2c(oc3cc4ccccc4cc23)NC1c1ccc(-c2ccccc2)cc1. The minimum Gasteiger partial charge on any atom is -0.440 e. The van der Waals surface area contributed by atoms with Gasteiger partial charge in [0.25, 0.3) is 0 Å². The molecular weight excluding hydrogens is 576 g/mol. The van der Waals surface area contributed by atoms with Gasteiger partial charge in [0.1, 0.15) is 5.58 Å². The molecule has 1 aliphatic rings. The fourth-order valence-electron chi connectivity index (χ4n) is 6.39. The highest BCUT2D eigenvalue weighted by Gasteiger charge is 2.29. The minimum absolute atomic E-state index is 0.172. The van der Waals surface area contributed by atoms with Crippen molar-refractivity contribution in [3.05, 3.63) is 175 Å². The average molecular weight is 605 g/mol. The maximum atomic E-state index is 6.60. The molecule has 1 N–H and O–H groups in total. The van der Waals surface area contributed by atoms with Crippen LogP contribution in [-0.2, 0) is 0 Å². The third-order valence-electron chi connectivity index (χ3n) is 8.76. The van der Waals surface area contributed by atoms with Gasteiger partial charge in [0.15, 0.2) is 17.5 Å². The molecule has 0 aliphatic carbocycles. The maximum Gasteiger partial charge on any atom is 0.202 e. The Hall–Kier alpha value is -6.33. The van der Waals surface area contributed by atoms with Gasteiger partial charge >= 0.3 is 0 Å². The predicted molar refractivity (Wildman–Crippen MR) is 190 cm³/mol. The number of hydrogen-bond acceptors (Lipinski definition) is 5. The van der Waals surface area contributed by atoms with E-state index in [1.54, 1.807) is 0 Å². The van der Waals surface area contributed by atoms with E-state index in [0.29, 0.717) is 23.4 Å². The molecule has 9 rings (SSSR count). The summed E-state index contributed by atoms with van der Waals surface area (Å²) in [6, 6.07) is 51.8. The van der Waals surface area contributed by atoms with Gasteiger partial charge < -0.3 is 9.73 Å². The summed E-state index contributed by atoms with van der Waals surface area (Å²) in [6.45, 7) is 0. The van der Waals surface area contributed by atoms with Crippen molar-refractivity contribution in [3.63, 3.8) is 0 Å². The van der Waals surface area contributed by atoms with Crippen molar-refractivity contribution in [2.24, 2.45) is 0 Å². The summed E-state index contributed by atoms with van der Waals surface area (Å²) in [6.07, 6.45) is 2.23. The second kappa shape index (κ2) is 11.2. The van der Waals surface area contributed by atoms with Crippen molar-refractivity contribution in [2.75, 3.05) is 5.32 Å². The van der Waals surface area contributed by atoms with Crippen LogP contribution in [0.2, 0.25) is 0 Å². The number of anilines is 1. The Morgan fingerprint density at radius 1 is 0.489 bits per heavy atom. The first-order valence-corrected chi connectivity index (χ1v) is 15.7. The summed E-state index contributed by atoms with van der Waals surface area (Å²) in [5.41, 5.74) is 7.99. The normalized spacial score (nSPS) is 14.0. The molecule has 3 heterocycles. The van der Waals surface area contributed by atoms with Gasteiger partial charge in [-0.15, -0.1) is 0 Å². The van der Waals surface area contributed by atoms with E-state index in [2.05, 4.69) is 96.3 Å². The lowest BCUT2D eigenvalue weighted by Gasteiger charge is -2.23. The zero-order chi connectivity index (χ0) is 31.2. The largest absolute Gasteiger partial charge is 0.440 e. The van der Waals surface area contributed by atoms with Crippen molar-refractivity contribution >= 4 is 33.2 Å². The molecule has 0 saturated carbocycles. The van der Waals surface area contributed by atoms with E-state index >= 15 is 0 Å². The molecule has 0 bridgehead atoms. The van der Waals surface area contributed by atoms with Crippen LogP contribution in [0.4, 0.5) is 5.88 Å². The Bertz CT molecular complexity index is 2360. The zero-order valence-electron chi connectivity index (χ0n) is 25.3. The maximum absolute atomic E-state index is 6.60. The Labute approximate surface area is 271 Å². The Morgan fingerprint density at radius 3 is 1.62 bits per heavy atom.